The van der Waals surface area contributed by atoms with Crippen LogP contribution in [0, 0.1) is 0 Å². The largest absolute Gasteiger partial charge is 0.349 e. The summed E-state index contributed by atoms with van der Waals surface area (Å²) in [6, 6.07) is 6.90. The normalized spacial score (nSPS) is 13.3. The number of anilines is 1. The summed E-state index contributed by atoms with van der Waals surface area (Å²) in [6.07, 6.45) is 3.73. The Morgan fingerprint density at radius 1 is 1.14 bits per heavy atom. The van der Waals surface area contributed by atoms with Gasteiger partial charge in [-0.05, 0) is 31.4 Å². The van der Waals surface area contributed by atoms with E-state index in [2.05, 4.69) is 16.0 Å². The van der Waals surface area contributed by atoms with Gasteiger partial charge < -0.3 is 16.0 Å². The molecule has 0 aliphatic heterocycles. The molecule has 22 heavy (non-hydrogen) atoms. The molecular formula is C16H21N3O3. The molecule has 118 valence electrons. The van der Waals surface area contributed by atoms with Crippen LogP contribution in [0.5, 0.6) is 0 Å². The lowest BCUT2D eigenvalue weighted by molar-refractivity contribution is -0.136. The molecule has 0 atom stereocenters. The van der Waals surface area contributed by atoms with Gasteiger partial charge in [-0.15, -0.1) is 0 Å². The summed E-state index contributed by atoms with van der Waals surface area (Å²) in [4.78, 5) is 35.6. The molecule has 0 heterocycles. The average Bonchev–Trinajstić information content (AvgIpc) is 3.31. The van der Waals surface area contributed by atoms with Gasteiger partial charge in [0.25, 0.3) is 5.91 Å². The predicted octanol–water partition coefficient (Wildman–Crippen LogP) is 1.43. The van der Waals surface area contributed by atoms with Crippen LogP contribution in [-0.2, 0) is 9.59 Å². The van der Waals surface area contributed by atoms with Crippen molar-refractivity contribution in [1.82, 2.24) is 10.6 Å². The van der Waals surface area contributed by atoms with Crippen LogP contribution < -0.4 is 16.0 Å². The Labute approximate surface area is 129 Å². The number of carbonyl (C=O) groups is 3. The molecule has 0 saturated heterocycles. The van der Waals surface area contributed by atoms with Crippen LogP contribution in [0.25, 0.3) is 0 Å². The van der Waals surface area contributed by atoms with Gasteiger partial charge in [-0.3, -0.25) is 14.4 Å². The maximum absolute atomic E-state index is 12.1. The summed E-state index contributed by atoms with van der Waals surface area (Å²) < 4.78 is 0. The molecular weight excluding hydrogens is 282 g/mol. The highest BCUT2D eigenvalue weighted by molar-refractivity contribution is 6.40. The maximum Gasteiger partial charge on any atom is 0.313 e. The van der Waals surface area contributed by atoms with E-state index in [0.717, 1.165) is 25.7 Å². The first kappa shape index (κ1) is 16.0. The lowest BCUT2D eigenvalue weighted by Crippen LogP contribution is -2.36. The highest BCUT2D eigenvalue weighted by Crippen LogP contribution is 2.21. The zero-order valence-corrected chi connectivity index (χ0v) is 12.6. The van der Waals surface area contributed by atoms with Crippen molar-refractivity contribution in [2.45, 2.75) is 38.6 Å². The molecule has 6 heteroatoms. The minimum atomic E-state index is -0.761. The van der Waals surface area contributed by atoms with Crippen LogP contribution in [0.4, 0.5) is 5.69 Å². The molecule has 1 fully saturated rings. The number of hydrogen-bond acceptors (Lipinski definition) is 3. The van der Waals surface area contributed by atoms with Crippen molar-refractivity contribution < 1.29 is 14.4 Å². The molecule has 1 aromatic rings. The van der Waals surface area contributed by atoms with Crippen molar-refractivity contribution in [2.24, 2.45) is 0 Å². The molecule has 1 aliphatic rings. The van der Waals surface area contributed by atoms with Crippen molar-refractivity contribution in [3.63, 3.8) is 0 Å². The van der Waals surface area contributed by atoms with Crippen LogP contribution >= 0.6 is 0 Å². The molecule has 1 saturated carbocycles. The summed E-state index contributed by atoms with van der Waals surface area (Å²) in [6.45, 7) is 2.47. The molecule has 3 amide bonds. The number of para-hydroxylation sites is 1. The minimum absolute atomic E-state index is 0.230. The topological polar surface area (TPSA) is 87.3 Å². The summed E-state index contributed by atoms with van der Waals surface area (Å²) in [5.74, 6) is -1.68. The highest BCUT2D eigenvalue weighted by Gasteiger charge is 2.25. The number of nitrogens with one attached hydrogen (secondary N) is 3. The van der Waals surface area contributed by atoms with Gasteiger partial charge in [0.1, 0.15) is 0 Å². The quantitative estimate of drug-likeness (QED) is 0.549. The van der Waals surface area contributed by atoms with Crippen molar-refractivity contribution in [2.75, 3.05) is 11.9 Å². The fourth-order valence-electron chi connectivity index (χ4n) is 1.92. The molecule has 0 radical (unpaired) electrons. The van der Waals surface area contributed by atoms with Crippen molar-refractivity contribution in [3.8, 4) is 0 Å². The second-order valence-corrected chi connectivity index (χ2v) is 5.36. The van der Waals surface area contributed by atoms with Crippen LogP contribution in [0.15, 0.2) is 24.3 Å². The summed E-state index contributed by atoms with van der Waals surface area (Å²) in [5, 5.41) is 7.91. The zero-order chi connectivity index (χ0) is 15.9. The van der Waals surface area contributed by atoms with E-state index in [1.807, 2.05) is 6.92 Å². The lowest BCUT2D eigenvalue weighted by Gasteiger charge is -2.11. The zero-order valence-electron chi connectivity index (χ0n) is 12.6. The minimum Gasteiger partial charge on any atom is -0.349 e. The molecule has 0 bridgehead atoms. The van der Waals surface area contributed by atoms with Gasteiger partial charge in [0.2, 0.25) is 0 Å². The fourth-order valence-corrected chi connectivity index (χ4v) is 1.92. The van der Waals surface area contributed by atoms with E-state index in [-0.39, 0.29) is 11.9 Å². The number of unbranched alkanes of at least 4 members (excludes halogenated alkanes) is 1. The average molecular weight is 303 g/mol. The smallest absolute Gasteiger partial charge is 0.313 e. The third kappa shape index (κ3) is 4.58. The molecule has 3 N–H and O–H groups in total. The monoisotopic (exact) mass is 303 g/mol. The van der Waals surface area contributed by atoms with Crippen LogP contribution in [0.2, 0.25) is 0 Å². The third-order valence-electron chi connectivity index (χ3n) is 3.35. The Bertz CT molecular complexity index is 568. The summed E-state index contributed by atoms with van der Waals surface area (Å²) in [7, 11) is 0. The Morgan fingerprint density at radius 2 is 1.86 bits per heavy atom. The first-order valence-electron chi connectivity index (χ1n) is 7.61. The lowest BCUT2D eigenvalue weighted by atomic mass is 10.1. The van der Waals surface area contributed by atoms with Crippen LogP contribution in [-0.4, -0.2) is 30.3 Å². The number of benzene rings is 1. The maximum atomic E-state index is 12.1. The highest BCUT2D eigenvalue weighted by atomic mass is 16.2. The van der Waals surface area contributed by atoms with Gasteiger partial charge in [0, 0.05) is 12.6 Å². The summed E-state index contributed by atoms with van der Waals surface area (Å²) >= 11 is 0. The van der Waals surface area contributed by atoms with Gasteiger partial charge in [-0.2, -0.15) is 0 Å². The first-order chi connectivity index (χ1) is 10.6. The molecule has 0 aromatic heterocycles. The van der Waals surface area contributed by atoms with Crippen molar-refractivity contribution in [3.05, 3.63) is 29.8 Å². The molecule has 0 unspecified atom stereocenters. The van der Waals surface area contributed by atoms with E-state index in [1.54, 1.807) is 24.3 Å². The van der Waals surface area contributed by atoms with Gasteiger partial charge in [0.15, 0.2) is 0 Å². The molecule has 6 nitrogen and oxygen atoms in total. The number of rotatable bonds is 6. The molecule has 1 aliphatic carbocycles. The molecule has 0 spiro atoms. The van der Waals surface area contributed by atoms with E-state index in [9.17, 15) is 14.4 Å². The Hall–Kier alpha value is -2.37. The predicted molar refractivity (Wildman–Crippen MR) is 83.5 cm³/mol. The van der Waals surface area contributed by atoms with Crippen LogP contribution in [0.1, 0.15) is 43.0 Å². The number of hydrogen-bond donors (Lipinski definition) is 3. The summed E-state index contributed by atoms with van der Waals surface area (Å²) in [5.41, 5.74) is 0.709. The van der Waals surface area contributed by atoms with Crippen molar-refractivity contribution in [1.29, 1.82) is 0 Å². The van der Waals surface area contributed by atoms with Crippen molar-refractivity contribution >= 4 is 23.4 Å². The number of carbonyl (C=O) groups excluding carboxylic acids is 3. The molecule has 2 rings (SSSR count). The van der Waals surface area contributed by atoms with Gasteiger partial charge in [-0.25, -0.2) is 0 Å². The van der Waals surface area contributed by atoms with E-state index >= 15 is 0 Å². The Balaban J connectivity index is 1.97. The van der Waals surface area contributed by atoms with Gasteiger partial charge in [0.05, 0.1) is 11.3 Å². The van der Waals surface area contributed by atoms with E-state index in [1.165, 1.54) is 0 Å². The Morgan fingerprint density at radius 3 is 2.55 bits per heavy atom. The van der Waals surface area contributed by atoms with E-state index in [0.29, 0.717) is 17.8 Å². The Kier molecular flexibility index (Phi) is 5.52. The first-order valence-corrected chi connectivity index (χ1v) is 7.61. The van der Waals surface area contributed by atoms with Gasteiger partial charge >= 0.3 is 11.8 Å². The second-order valence-electron chi connectivity index (χ2n) is 5.36. The second kappa shape index (κ2) is 7.59. The van der Waals surface area contributed by atoms with E-state index < -0.39 is 11.8 Å². The van der Waals surface area contributed by atoms with Crippen LogP contribution in [0.3, 0.4) is 0 Å². The third-order valence-corrected chi connectivity index (χ3v) is 3.35. The van der Waals surface area contributed by atoms with E-state index in [4.69, 9.17) is 0 Å². The molecule has 1 aromatic carbocycles. The number of amides is 3. The SMILES string of the molecule is CCCCNC(=O)C(=O)Nc1ccccc1C(=O)NC1CC1. The fraction of sp³-hybridized carbons (Fsp3) is 0.438. The van der Waals surface area contributed by atoms with Gasteiger partial charge in [-0.1, -0.05) is 25.5 Å². The standard InChI is InChI=1S/C16H21N3O3/c1-2-3-10-17-15(21)16(22)19-13-7-5-4-6-12(13)14(20)18-11-8-9-11/h4-7,11H,2-3,8-10H2,1H3,(H,17,21)(H,18,20)(H,19,22).